The zero-order valence-electron chi connectivity index (χ0n) is 11.9. The maximum absolute atomic E-state index is 13.4. The monoisotopic (exact) mass is 312 g/mol. The lowest BCUT2D eigenvalue weighted by molar-refractivity contribution is -0.136. The summed E-state index contributed by atoms with van der Waals surface area (Å²) in [5.74, 6) is -3.65. The van der Waals surface area contributed by atoms with Crippen LogP contribution < -0.4 is 10.6 Å². The second kappa shape index (κ2) is 7.31. The highest BCUT2D eigenvalue weighted by Gasteiger charge is 2.24. The number of hydrogen-bond donors (Lipinski definition) is 3. The molecule has 1 aromatic carbocycles. The molecule has 1 aliphatic rings. The van der Waals surface area contributed by atoms with E-state index in [1.807, 2.05) is 5.32 Å². The first-order valence-electron chi connectivity index (χ1n) is 7.19. The number of hydrogen-bond acceptors (Lipinski definition) is 3. The molecule has 2 rings (SSSR count). The number of nitrogens with one attached hydrogen (secondary N) is 2. The fourth-order valence-corrected chi connectivity index (χ4v) is 2.50. The van der Waals surface area contributed by atoms with E-state index in [1.165, 1.54) is 0 Å². The molecular weight excluding hydrogens is 294 g/mol. The van der Waals surface area contributed by atoms with Gasteiger partial charge in [-0.2, -0.15) is 0 Å². The third kappa shape index (κ3) is 4.24. The quantitative estimate of drug-likeness (QED) is 0.741. The van der Waals surface area contributed by atoms with Gasteiger partial charge in [0, 0.05) is 18.5 Å². The Morgan fingerprint density at radius 1 is 1.18 bits per heavy atom. The summed E-state index contributed by atoms with van der Waals surface area (Å²) in [6.07, 6.45) is 2.89. The second-order valence-electron chi connectivity index (χ2n) is 5.40. The number of carbonyl (C=O) groups is 2. The highest BCUT2D eigenvalue weighted by atomic mass is 19.1. The molecule has 120 valence electrons. The molecule has 22 heavy (non-hydrogen) atoms. The van der Waals surface area contributed by atoms with Gasteiger partial charge >= 0.3 is 11.8 Å². The number of aliphatic hydroxyl groups excluding tert-OH is 1. The summed E-state index contributed by atoms with van der Waals surface area (Å²) in [5.41, 5.74) is -0.391. The van der Waals surface area contributed by atoms with E-state index in [2.05, 4.69) is 5.32 Å². The van der Waals surface area contributed by atoms with Gasteiger partial charge in [-0.05, 0) is 25.0 Å². The van der Waals surface area contributed by atoms with Crippen LogP contribution in [0.25, 0.3) is 0 Å². The van der Waals surface area contributed by atoms with Gasteiger partial charge in [0.05, 0.1) is 11.8 Å². The van der Waals surface area contributed by atoms with E-state index >= 15 is 0 Å². The highest BCUT2D eigenvalue weighted by Crippen LogP contribution is 2.23. The predicted molar refractivity (Wildman–Crippen MR) is 76.0 cm³/mol. The molecule has 2 amide bonds. The Labute approximate surface area is 126 Å². The molecule has 5 nitrogen and oxygen atoms in total. The van der Waals surface area contributed by atoms with Crippen LogP contribution in [0.3, 0.4) is 0 Å². The standard InChI is InChI=1S/C15H18F2N2O3/c16-10-5-6-11(17)12(7-10)19-15(22)14(21)18-8-9-3-1-2-4-13(9)20/h5-7,9,13,20H,1-4,8H2,(H,18,21)(H,19,22)/t9-,13-/m0/s1. The summed E-state index contributed by atoms with van der Waals surface area (Å²) in [6.45, 7) is 0.180. The lowest BCUT2D eigenvalue weighted by Crippen LogP contribution is -2.41. The summed E-state index contributed by atoms with van der Waals surface area (Å²) < 4.78 is 26.4. The van der Waals surface area contributed by atoms with Crippen LogP contribution in [-0.4, -0.2) is 29.6 Å². The largest absolute Gasteiger partial charge is 0.393 e. The topological polar surface area (TPSA) is 78.4 Å². The van der Waals surface area contributed by atoms with Crippen LogP contribution in [-0.2, 0) is 9.59 Å². The van der Waals surface area contributed by atoms with Crippen LogP contribution in [0.1, 0.15) is 25.7 Å². The van der Waals surface area contributed by atoms with Gasteiger partial charge in [0.15, 0.2) is 0 Å². The maximum atomic E-state index is 13.4. The summed E-state index contributed by atoms with van der Waals surface area (Å²) >= 11 is 0. The molecule has 0 spiro atoms. The molecule has 1 aromatic rings. The number of rotatable bonds is 3. The normalized spacial score (nSPS) is 21.2. The van der Waals surface area contributed by atoms with Gasteiger partial charge in [-0.3, -0.25) is 9.59 Å². The van der Waals surface area contributed by atoms with Crippen LogP contribution >= 0.6 is 0 Å². The lowest BCUT2D eigenvalue weighted by atomic mass is 9.86. The summed E-state index contributed by atoms with van der Waals surface area (Å²) in [5, 5.41) is 14.2. The molecule has 0 aromatic heterocycles. The van der Waals surface area contributed by atoms with Crippen molar-refractivity contribution in [3.8, 4) is 0 Å². The van der Waals surface area contributed by atoms with Gasteiger partial charge in [0.25, 0.3) is 0 Å². The Kier molecular flexibility index (Phi) is 5.43. The SMILES string of the molecule is O=C(NC[C@@H]1CCCC[C@@H]1O)C(=O)Nc1cc(F)ccc1F. The van der Waals surface area contributed by atoms with E-state index in [9.17, 15) is 23.5 Å². The number of anilines is 1. The van der Waals surface area contributed by atoms with E-state index in [-0.39, 0.29) is 12.5 Å². The first-order valence-corrected chi connectivity index (χ1v) is 7.19. The molecule has 0 bridgehead atoms. The van der Waals surface area contributed by atoms with Gasteiger partial charge < -0.3 is 15.7 Å². The van der Waals surface area contributed by atoms with Crippen molar-refractivity contribution in [2.75, 3.05) is 11.9 Å². The van der Waals surface area contributed by atoms with Crippen molar-refractivity contribution < 1.29 is 23.5 Å². The first-order chi connectivity index (χ1) is 10.5. The molecule has 1 saturated carbocycles. The van der Waals surface area contributed by atoms with E-state index < -0.39 is 35.2 Å². The van der Waals surface area contributed by atoms with E-state index in [0.717, 1.165) is 37.5 Å². The summed E-state index contributed by atoms with van der Waals surface area (Å²) in [6, 6.07) is 2.57. The number of carbonyl (C=O) groups excluding carboxylic acids is 2. The average Bonchev–Trinajstić information content (AvgIpc) is 2.49. The molecule has 1 fully saturated rings. The van der Waals surface area contributed by atoms with Crippen LogP contribution in [0.2, 0.25) is 0 Å². The first kappa shape index (κ1) is 16.4. The van der Waals surface area contributed by atoms with Crippen molar-refractivity contribution in [2.45, 2.75) is 31.8 Å². The Balaban J connectivity index is 1.86. The fraction of sp³-hybridized carbons (Fsp3) is 0.467. The van der Waals surface area contributed by atoms with Crippen LogP contribution in [0, 0.1) is 17.6 Å². The smallest absolute Gasteiger partial charge is 0.313 e. The molecule has 0 radical (unpaired) electrons. The zero-order chi connectivity index (χ0) is 16.1. The number of halogens is 2. The van der Waals surface area contributed by atoms with Crippen molar-refractivity contribution in [1.29, 1.82) is 0 Å². The second-order valence-corrected chi connectivity index (χ2v) is 5.40. The van der Waals surface area contributed by atoms with E-state index in [4.69, 9.17) is 0 Å². The Morgan fingerprint density at radius 2 is 1.91 bits per heavy atom. The van der Waals surface area contributed by atoms with Gasteiger partial charge in [-0.25, -0.2) is 8.78 Å². The van der Waals surface area contributed by atoms with Crippen LogP contribution in [0.5, 0.6) is 0 Å². The molecule has 7 heteroatoms. The highest BCUT2D eigenvalue weighted by molar-refractivity contribution is 6.39. The third-order valence-corrected chi connectivity index (χ3v) is 3.78. The molecule has 0 heterocycles. The van der Waals surface area contributed by atoms with E-state index in [1.54, 1.807) is 0 Å². The number of benzene rings is 1. The lowest BCUT2D eigenvalue weighted by Gasteiger charge is -2.27. The van der Waals surface area contributed by atoms with Crippen molar-refractivity contribution in [1.82, 2.24) is 5.32 Å². The molecule has 2 atom stereocenters. The predicted octanol–water partition coefficient (Wildman–Crippen LogP) is 1.57. The van der Waals surface area contributed by atoms with Crippen molar-refractivity contribution in [3.63, 3.8) is 0 Å². The number of amides is 2. The third-order valence-electron chi connectivity index (χ3n) is 3.78. The fourth-order valence-electron chi connectivity index (χ4n) is 2.50. The molecule has 1 aliphatic carbocycles. The molecule has 0 unspecified atom stereocenters. The van der Waals surface area contributed by atoms with Gasteiger partial charge in [-0.1, -0.05) is 12.8 Å². The van der Waals surface area contributed by atoms with Gasteiger partial charge in [-0.15, -0.1) is 0 Å². The Hall–Kier alpha value is -2.02. The minimum Gasteiger partial charge on any atom is -0.393 e. The minimum absolute atomic E-state index is 0.0867. The Bertz CT molecular complexity index is 566. The van der Waals surface area contributed by atoms with Crippen molar-refractivity contribution in [2.24, 2.45) is 5.92 Å². The number of aliphatic hydroxyl groups is 1. The molecule has 3 N–H and O–H groups in total. The zero-order valence-corrected chi connectivity index (χ0v) is 11.9. The summed E-state index contributed by atoms with van der Waals surface area (Å²) in [4.78, 5) is 23.3. The molecular formula is C15H18F2N2O3. The van der Waals surface area contributed by atoms with E-state index in [0.29, 0.717) is 6.42 Å². The van der Waals surface area contributed by atoms with Gasteiger partial charge in [0.2, 0.25) is 0 Å². The van der Waals surface area contributed by atoms with Crippen LogP contribution in [0.15, 0.2) is 18.2 Å². The minimum atomic E-state index is -1.07. The van der Waals surface area contributed by atoms with Gasteiger partial charge in [0.1, 0.15) is 11.6 Å². The average molecular weight is 312 g/mol. The van der Waals surface area contributed by atoms with Crippen molar-refractivity contribution >= 4 is 17.5 Å². The van der Waals surface area contributed by atoms with Crippen molar-refractivity contribution in [3.05, 3.63) is 29.8 Å². The molecule has 0 saturated heterocycles. The Morgan fingerprint density at radius 3 is 2.64 bits per heavy atom. The molecule has 0 aliphatic heterocycles. The van der Waals surface area contributed by atoms with Crippen LogP contribution in [0.4, 0.5) is 14.5 Å². The summed E-state index contributed by atoms with van der Waals surface area (Å²) in [7, 11) is 0. The maximum Gasteiger partial charge on any atom is 0.313 e.